The van der Waals surface area contributed by atoms with Crippen LogP contribution < -0.4 is 0 Å². The minimum atomic E-state index is -0.120. The Labute approximate surface area is 94.7 Å². The van der Waals surface area contributed by atoms with E-state index >= 15 is 0 Å². The largest absolute Gasteiger partial charge is 0.293 e. The Hall–Kier alpha value is -1.90. The number of ketones is 1. The minimum absolute atomic E-state index is 0.110. The highest BCUT2D eigenvalue weighted by Gasteiger charge is 2.17. The van der Waals surface area contributed by atoms with Gasteiger partial charge in [-0.25, -0.2) is 0 Å². The van der Waals surface area contributed by atoms with Crippen molar-refractivity contribution in [1.29, 1.82) is 0 Å². The molecule has 2 rings (SSSR count). The second-order valence-electron chi connectivity index (χ2n) is 3.90. The van der Waals surface area contributed by atoms with Gasteiger partial charge in [0.15, 0.2) is 5.78 Å². The average Bonchev–Trinajstić information content (AvgIpc) is 2.75. The van der Waals surface area contributed by atoms with E-state index in [2.05, 4.69) is 5.10 Å². The van der Waals surface area contributed by atoms with Gasteiger partial charge in [0.2, 0.25) is 0 Å². The number of rotatable bonds is 3. The fraction of sp³-hybridized carbons (Fsp3) is 0.231. The van der Waals surface area contributed by atoms with Gasteiger partial charge in [-0.3, -0.25) is 9.48 Å². The molecule has 2 aromatic rings. The standard InChI is InChI=1S/C13H14N2O/c1-10(11-6-4-3-5-7-11)13(16)12-8-14-15(2)9-12/h3-10H,1-2H3. The zero-order valence-electron chi connectivity index (χ0n) is 9.42. The summed E-state index contributed by atoms with van der Waals surface area (Å²) in [6, 6.07) is 9.79. The van der Waals surface area contributed by atoms with Gasteiger partial charge in [0, 0.05) is 19.2 Å². The zero-order valence-corrected chi connectivity index (χ0v) is 9.42. The second-order valence-corrected chi connectivity index (χ2v) is 3.90. The molecule has 16 heavy (non-hydrogen) atoms. The quantitative estimate of drug-likeness (QED) is 0.735. The van der Waals surface area contributed by atoms with Gasteiger partial charge in [-0.05, 0) is 5.56 Å². The monoisotopic (exact) mass is 214 g/mol. The van der Waals surface area contributed by atoms with E-state index in [1.54, 1.807) is 17.1 Å². The number of hydrogen-bond donors (Lipinski definition) is 0. The third-order valence-corrected chi connectivity index (χ3v) is 2.68. The molecule has 1 atom stereocenters. The highest BCUT2D eigenvalue weighted by Crippen LogP contribution is 2.19. The maximum Gasteiger partial charge on any atom is 0.173 e. The topological polar surface area (TPSA) is 34.9 Å². The number of carbonyl (C=O) groups is 1. The van der Waals surface area contributed by atoms with Crippen LogP contribution in [-0.4, -0.2) is 15.6 Å². The van der Waals surface area contributed by atoms with Crippen molar-refractivity contribution in [3.05, 3.63) is 53.9 Å². The van der Waals surface area contributed by atoms with Crippen LogP contribution in [0.2, 0.25) is 0 Å². The molecule has 1 aromatic carbocycles. The first kappa shape index (κ1) is 10.6. The molecule has 0 spiro atoms. The van der Waals surface area contributed by atoms with Crippen molar-refractivity contribution in [2.24, 2.45) is 7.05 Å². The first-order valence-electron chi connectivity index (χ1n) is 5.26. The number of aryl methyl sites for hydroxylation is 1. The summed E-state index contributed by atoms with van der Waals surface area (Å²) in [6.45, 7) is 1.92. The molecule has 0 aliphatic heterocycles. The molecule has 0 fully saturated rings. The summed E-state index contributed by atoms with van der Waals surface area (Å²) >= 11 is 0. The van der Waals surface area contributed by atoms with Crippen LogP contribution in [0, 0.1) is 0 Å². The fourth-order valence-corrected chi connectivity index (χ4v) is 1.69. The van der Waals surface area contributed by atoms with Gasteiger partial charge in [-0.2, -0.15) is 5.10 Å². The summed E-state index contributed by atoms with van der Waals surface area (Å²) in [5, 5.41) is 4.01. The summed E-state index contributed by atoms with van der Waals surface area (Å²) in [6.07, 6.45) is 3.36. The van der Waals surface area contributed by atoms with Crippen molar-refractivity contribution >= 4 is 5.78 Å². The van der Waals surface area contributed by atoms with Crippen molar-refractivity contribution in [1.82, 2.24) is 9.78 Å². The maximum atomic E-state index is 12.1. The highest BCUT2D eigenvalue weighted by molar-refractivity contribution is 6.00. The second kappa shape index (κ2) is 4.31. The summed E-state index contributed by atoms with van der Waals surface area (Å²) in [7, 11) is 1.81. The Bertz CT molecular complexity index is 488. The lowest BCUT2D eigenvalue weighted by molar-refractivity contribution is 0.0966. The minimum Gasteiger partial charge on any atom is -0.293 e. The molecule has 0 saturated carbocycles. The maximum absolute atomic E-state index is 12.1. The zero-order chi connectivity index (χ0) is 11.5. The molecular formula is C13H14N2O. The predicted octanol–water partition coefficient (Wildman–Crippen LogP) is 2.41. The molecule has 82 valence electrons. The van der Waals surface area contributed by atoms with E-state index in [0.717, 1.165) is 5.56 Å². The van der Waals surface area contributed by atoms with Crippen molar-refractivity contribution in [2.75, 3.05) is 0 Å². The van der Waals surface area contributed by atoms with E-state index in [1.807, 2.05) is 44.3 Å². The third-order valence-electron chi connectivity index (χ3n) is 2.68. The normalized spacial score (nSPS) is 12.4. The van der Waals surface area contributed by atoms with E-state index in [1.165, 1.54) is 0 Å². The Kier molecular flexibility index (Phi) is 2.86. The van der Waals surface area contributed by atoms with Crippen molar-refractivity contribution in [3.63, 3.8) is 0 Å². The molecule has 1 unspecified atom stereocenters. The summed E-state index contributed by atoms with van der Waals surface area (Å²) in [4.78, 5) is 12.1. The van der Waals surface area contributed by atoms with E-state index < -0.39 is 0 Å². The molecule has 0 saturated heterocycles. The van der Waals surface area contributed by atoms with Gasteiger partial charge >= 0.3 is 0 Å². The SMILES string of the molecule is CC(C(=O)c1cnn(C)c1)c1ccccc1. The summed E-state index contributed by atoms with van der Waals surface area (Å²) in [5.41, 5.74) is 1.70. The van der Waals surface area contributed by atoms with Crippen LogP contribution in [0.4, 0.5) is 0 Å². The van der Waals surface area contributed by atoms with Crippen molar-refractivity contribution < 1.29 is 4.79 Å². The molecule has 1 aromatic heterocycles. The van der Waals surface area contributed by atoms with Gasteiger partial charge in [0.25, 0.3) is 0 Å². The number of aromatic nitrogens is 2. The van der Waals surface area contributed by atoms with Crippen LogP contribution in [0.25, 0.3) is 0 Å². The molecule has 0 bridgehead atoms. The number of carbonyl (C=O) groups excluding carboxylic acids is 1. The van der Waals surface area contributed by atoms with Gasteiger partial charge in [0.1, 0.15) is 0 Å². The average molecular weight is 214 g/mol. The smallest absolute Gasteiger partial charge is 0.173 e. The summed E-state index contributed by atoms with van der Waals surface area (Å²) in [5.74, 6) is -0.00954. The number of benzene rings is 1. The van der Waals surface area contributed by atoms with E-state index in [0.29, 0.717) is 5.56 Å². The lowest BCUT2D eigenvalue weighted by Gasteiger charge is -2.08. The summed E-state index contributed by atoms with van der Waals surface area (Å²) < 4.78 is 1.64. The number of nitrogens with zero attached hydrogens (tertiary/aromatic N) is 2. The Balaban J connectivity index is 2.23. The van der Waals surface area contributed by atoms with E-state index in [4.69, 9.17) is 0 Å². The third kappa shape index (κ3) is 2.03. The lowest BCUT2D eigenvalue weighted by atomic mass is 9.94. The van der Waals surface area contributed by atoms with Crippen molar-refractivity contribution in [3.8, 4) is 0 Å². The fourth-order valence-electron chi connectivity index (χ4n) is 1.69. The number of hydrogen-bond acceptors (Lipinski definition) is 2. The highest BCUT2D eigenvalue weighted by atomic mass is 16.1. The Morgan fingerprint density at radius 2 is 2.00 bits per heavy atom. The lowest BCUT2D eigenvalue weighted by Crippen LogP contribution is -2.08. The molecule has 0 aliphatic carbocycles. The van der Waals surface area contributed by atoms with Gasteiger partial charge < -0.3 is 0 Å². The molecular weight excluding hydrogens is 200 g/mol. The van der Waals surface area contributed by atoms with Crippen molar-refractivity contribution in [2.45, 2.75) is 12.8 Å². The van der Waals surface area contributed by atoms with E-state index in [9.17, 15) is 4.79 Å². The predicted molar refractivity (Wildman–Crippen MR) is 62.4 cm³/mol. The van der Waals surface area contributed by atoms with Crippen LogP contribution in [0.3, 0.4) is 0 Å². The molecule has 0 aliphatic rings. The van der Waals surface area contributed by atoms with Crippen LogP contribution in [-0.2, 0) is 7.05 Å². The van der Waals surface area contributed by atoms with Gasteiger partial charge in [-0.1, -0.05) is 37.3 Å². The van der Waals surface area contributed by atoms with Crippen LogP contribution in [0.1, 0.15) is 28.8 Å². The van der Waals surface area contributed by atoms with Gasteiger partial charge in [-0.15, -0.1) is 0 Å². The molecule has 0 radical (unpaired) electrons. The first-order valence-corrected chi connectivity index (χ1v) is 5.26. The molecule has 3 heteroatoms. The van der Waals surface area contributed by atoms with Gasteiger partial charge in [0.05, 0.1) is 11.8 Å². The number of Topliss-reactive ketones (excluding diaryl/α,β-unsaturated/α-hetero) is 1. The van der Waals surface area contributed by atoms with E-state index in [-0.39, 0.29) is 11.7 Å². The first-order chi connectivity index (χ1) is 7.68. The molecule has 0 amide bonds. The molecule has 3 nitrogen and oxygen atoms in total. The Morgan fingerprint density at radius 1 is 1.31 bits per heavy atom. The molecule has 1 heterocycles. The Morgan fingerprint density at radius 3 is 2.56 bits per heavy atom. The van der Waals surface area contributed by atoms with Crippen LogP contribution in [0.5, 0.6) is 0 Å². The van der Waals surface area contributed by atoms with Crippen LogP contribution >= 0.6 is 0 Å². The molecule has 0 N–H and O–H groups in total. The van der Waals surface area contributed by atoms with Crippen LogP contribution in [0.15, 0.2) is 42.7 Å².